The Morgan fingerprint density at radius 1 is 1.41 bits per heavy atom. The third kappa shape index (κ3) is 3.09. The van der Waals surface area contributed by atoms with Crippen LogP contribution in [0.5, 0.6) is 0 Å². The molecule has 2 aromatic heterocycles. The van der Waals surface area contributed by atoms with Crippen LogP contribution in [-0.4, -0.2) is 39.9 Å². The molecule has 4 rings (SSSR count). The molecule has 22 heavy (non-hydrogen) atoms. The van der Waals surface area contributed by atoms with E-state index >= 15 is 0 Å². The van der Waals surface area contributed by atoms with Crippen molar-refractivity contribution in [2.45, 2.75) is 38.4 Å². The quantitative estimate of drug-likeness (QED) is 0.821. The van der Waals surface area contributed by atoms with Crippen molar-refractivity contribution in [1.82, 2.24) is 19.7 Å². The smallest absolute Gasteiger partial charge is 0.107 e. The highest BCUT2D eigenvalue weighted by atomic mass is 32.1. The average molecular weight is 318 g/mol. The summed E-state index contributed by atoms with van der Waals surface area (Å²) in [7, 11) is 1.79. The number of hydrogen-bond acceptors (Lipinski definition) is 5. The van der Waals surface area contributed by atoms with Crippen LogP contribution in [0.3, 0.4) is 0 Å². The van der Waals surface area contributed by atoms with E-state index in [0.717, 1.165) is 38.7 Å². The highest BCUT2D eigenvalue weighted by Crippen LogP contribution is 2.33. The number of aromatic nitrogens is 3. The van der Waals surface area contributed by atoms with Gasteiger partial charge in [0.05, 0.1) is 18.8 Å². The van der Waals surface area contributed by atoms with Gasteiger partial charge >= 0.3 is 0 Å². The molecule has 0 spiro atoms. The van der Waals surface area contributed by atoms with Crippen LogP contribution in [0.2, 0.25) is 0 Å². The van der Waals surface area contributed by atoms with Crippen molar-refractivity contribution in [1.29, 1.82) is 0 Å². The largest absolute Gasteiger partial charge is 0.384 e. The van der Waals surface area contributed by atoms with Crippen LogP contribution in [0.15, 0.2) is 17.8 Å². The van der Waals surface area contributed by atoms with Crippen LogP contribution in [0.1, 0.15) is 35.0 Å². The third-order valence-electron chi connectivity index (χ3n) is 4.51. The van der Waals surface area contributed by atoms with Crippen LogP contribution in [0.25, 0.3) is 0 Å². The van der Waals surface area contributed by atoms with Crippen LogP contribution in [-0.2, 0) is 24.4 Å². The maximum Gasteiger partial charge on any atom is 0.107 e. The third-order valence-corrected chi connectivity index (χ3v) is 5.28. The molecule has 0 amide bonds. The molecule has 2 aromatic rings. The van der Waals surface area contributed by atoms with Crippen molar-refractivity contribution < 1.29 is 4.74 Å². The Hall–Kier alpha value is -1.24. The number of hydrogen-bond donors (Lipinski definition) is 0. The summed E-state index contributed by atoms with van der Waals surface area (Å²) in [5.74, 6) is 1.27. The maximum atomic E-state index is 5.45. The Kier molecular flexibility index (Phi) is 3.98. The van der Waals surface area contributed by atoms with E-state index in [0.29, 0.717) is 5.92 Å². The summed E-state index contributed by atoms with van der Waals surface area (Å²) in [6.07, 6.45) is 6.87. The van der Waals surface area contributed by atoms with Gasteiger partial charge in [0.15, 0.2) is 0 Å². The summed E-state index contributed by atoms with van der Waals surface area (Å²) in [5, 5.41) is 8.07. The average Bonchev–Trinajstić information content (AvgIpc) is 2.98. The van der Waals surface area contributed by atoms with Crippen molar-refractivity contribution in [3.8, 4) is 0 Å². The molecule has 3 heterocycles. The molecule has 0 radical (unpaired) electrons. The van der Waals surface area contributed by atoms with E-state index in [9.17, 15) is 0 Å². The summed E-state index contributed by atoms with van der Waals surface area (Å²) in [5.41, 5.74) is 2.61. The summed E-state index contributed by atoms with van der Waals surface area (Å²) in [4.78, 5) is 6.85. The van der Waals surface area contributed by atoms with Gasteiger partial charge in [-0.2, -0.15) is 5.10 Å². The minimum atomic E-state index is 0.418. The fraction of sp³-hybridized carbons (Fsp3) is 0.625. The molecule has 1 aliphatic heterocycles. The van der Waals surface area contributed by atoms with Gasteiger partial charge < -0.3 is 4.74 Å². The molecule has 1 saturated carbocycles. The molecule has 1 fully saturated rings. The van der Waals surface area contributed by atoms with Crippen LogP contribution >= 0.6 is 11.3 Å². The van der Waals surface area contributed by atoms with E-state index in [4.69, 9.17) is 9.84 Å². The van der Waals surface area contributed by atoms with Gasteiger partial charge in [-0.1, -0.05) is 0 Å². The van der Waals surface area contributed by atoms with Crippen molar-refractivity contribution in [2.75, 3.05) is 20.3 Å². The van der Waals surface area contributed by atoms with Crippen molar-refractivity contribution >= 4 is 11.3 Å². The zero-order valence-electron chi connectivity index (χ0n) is 12.9. The maximum absolute atomic E-state index is 5.45. The molecule has 0 aromatic carbocycles. The number of thiazole rings is 1. The van der Waals surface area contributed by atoms with E-state index in [1.807, 2.05) is 11.6 Å². The lowest BCUT2D eigenvalue weighted by atomic mass is 9.96. The van der Waals surface area contributed by atoms with Gasteiger partial charge in [-0.25, -0.2) is 4.98 Å². The zero-order chi connectivity index (χ0) is 14.9. The number of ether oxygens (including phenoxy) is 1. The van der Waals surface area contributed by atoms with E-state index in [1.165, 1.54) is 29.1 Å². The Balaban J connectivity index is 1.53. The van der Waals surface area contributed by atoms with Gasteiger partial charge in [-0.05, 0) is 18.8 Å². The number of rotatable bonds is 6. The molecule has 6 heteroatoms. The molecule has 1 aliphatic carbocycles. The predicted octanol–water partition coefficient (Wildman–Crippen LogP) is 2.50. The first-order valence-corrected chi connectivity index (χ1v) is 8.85. The highest BCUT2D eigenvalue weighted by molar-refractivity contribution is 7.09. The van der Waals surface area contributed by atoms with Gasteiger partial charge in [0.25, 0.3) is 0 Å². The number of fused-ring (bicyclic) bond motifs is 1. The summed E-state index contributed by atoms with van der Waals surface area (Å²) in [6, 6.07) is 0. The summed E-state index contributed by atoms with van der Waals surface area (Å²) in [6.45, 7) is 4.70. The fourth-order valence-corrected chi connectivity index (χ4v) is 3.93. The lowest BCUT2D eigenvalue weighted by Crippen LogP contribution is -2.34. The number of methoxy groups -OCH3 is 1. The van der Waals surface area contributed by atoms with E-state index in [-0.39, 0.29) is 0 Å². The molecule has 0 saturated heterocycles. The number of nitrogens with zero attached hydrogens (tertiary/aromatic N) is 4. The zero-order valence-corrected chi connectivity index (χ0v) is 13.8. The Morgan fingerprint density at radius 2 is 2.32 bits per heavy atom. The lowest BCUT2D eigenvalue weighted by molar-refractivity contribution is 0.135. The lowest BCUT2D eigenvalue weighted by Gasteiger charge is -2.31. The monoisotopic (exact) mass is 318 g/mol. The normalized spacial score (nSPS) is 22.0. The van der Waals surface area contributed by atoms with Crippen LogP contribution in [0.4, 0.5) is 0 Å². The molecular weight excluding hydrogens is 296 g/mol. The molecule has 0 bridgehead atoms. The van der Waals surface area contributed by atoms with Crippen molar-refractivity contribution in [3.05, 3.63) is 34.0 Å². The second-order valence-corrected chi connectivity index (χ2v) is 7.42. The molecule has 5 nitrogen and oxygen atoms in total. The first kappa shape index (κ1) is 14.4. The second kappa shape index (κ2) is 6.10. The topological polar surface area (TPSA) is 43.2 Å². The molecule has 2 aliphatic rings. The van der Waals surface area contributed by atoms with Gasteiger partial charge in [-0.15, -0.1) is 11.3 Å². The molecular formula is C16H22N4OS. The first-order chi connectivity index (χ1) is 10.8. The minimum Gasteiger partial charge on any atom is -0.384 e. The van der Waals surface area contributed by atoms with E-state index < -0.39 is 0 Å². The Bertz CT molecular complexity index is 620. The molecule has 1 atom stereocenters. The highest BCUT2D eigenvalue weighted by Gasteiger charge is 2.30. The molecule has 1 unspecified atom stereocenters. The SMILES string of the molecule is COCC1CN(Cc2nccs2)Cc2nn(CC3CC3)cc21. The fourth-order valence-electron chi connectivity index (χ4n) is 3.27. The summed E-state index contributed by atoms with van der Waals surface area (Å²) < 4.78 is 7.61. The second-order valence-electron chi connectivity index (χ2n) is 6.44. The van der Waals surface area contributed by atoms with Crippen molar-refractivity contribution in [3.63, 3.8) is 0 Å². The predicted molar refractivity (Wildman–Crippen MR) is 85.8 cm³/mol. The van der Waals surface area contributed by atoms with Gasteiger partial charge in [0.2, 0.25) is 0 Å². The summed E-state index contributed by atoms with van der Waals surface area (Å²) >= 11 is 1.72. The van der Waals surface area contributed by atoms with Crippen molar-refractivity contribution in [2.24, 2.45) is 5.92 Å². The van der Waals surface area contributed by atoms with Crippen LogP contribution < -0.4 is 0 Å². The van der Waals surface area contributed by atoms with Crippen LogP contribution in [0, 0.1) is 5.92 Å². The van der Waals surface area contributed by atoms with E-state index in [1.54, 1.807) is 18.4 Å². The minimum absolute atomic E-state index is 0.418. The van der Waals surface area contributed by atoms with E-state index in [2.05, 4.69) is 20.8 Å². The Labute approximate surface area is 134 Å². The van der Waals surface area contributed by atoms with Gasteiger partial charge in [0.1, 0.15) is 5.01 Å². The molecule has 0 N–H and O–H groups in total. The van der Waals surface area contributed by atoms with Gasteiger partial charge in [-0.3, -0.25) is 9.58 Å². The molecule has 118 valence electrons. The Morgan fingerprint density at radius 3 is 3.05 bits per heavy atom. The van der Waals surface area contributed by atoms with Gasteiger partial charge in [0, 0.05) is 56.0 Å². The standard InChI is InChI=1S/C16H22N4OS/c1-21-11-13-7-19(10-16-17-4-5-22-16)9-15-14(13)8-20(18-15)6-12-2-3-12/h4-5,8,12-13H,2-3,6-7,9-11H2,1H3. The first-order valence-electron chi connectivity index (χ1n) is 7.97.